The molecule has 104 valence electrons. The Morgan fingerprint density at radius 2 is 2.26 bits per heavy atom. The molecule has 0 saturated heterocycles. The lowest BCUT2D eigenvalue weighted by Crippen LogP contribution is -2.51. The van der Waals surface area contributed by atoms with Crippen LogP contribution in [0.1, 0.15) is 23.7 Å². The maximum Gasteiger partial charge on any atom is 0.467 e. The fourth-order valence-corrected chi connectivity index (χ4v) is 1.72. The second-order valence-corrected chi connectivity index (χ2v) is 4.19. The second-order valence-electron chi connectivity index (χ2n) is 4.19. The van der Waals surface area contributed by atoms with Crippen molar-refractivity contribution >= 4 is 12.7 Å². The van der Waals surface area contributed by atoms with E-state index in [0.717, 1.165) is 0 Å². The van der Waals surface area contributed by atoms with Crippen LogP contribution in [0.15, 0.2) is 12.1 Å². The van der Waals surface area contributed by atoms with Gasteiger partial charge in [0.2, 0.25) is 0 Å². The fraction of sp³-hybridized carbons (Fsp3) is 0.364. The van der Waals surface area contributed by atoms with Crippen LogP contribution < -0.4 is 19.2 Å². The number of fused-ring (bicyclic) bond motifs is 1. The highest BCUT2D eigenvalue weighted by atomic mass is 16.7. The van der Waals surface area contributed by atoms with E-state index >= 15 is 0 Å². The van der Waals surface area contributed by atoms with Crippen LogP contribution in [0.3, 0.4) is 0 Å². The summed E-state index contributed by atoms with van der Waals surface area (Å²) in [4.78, 5) is 11.2. The molecule has 2 rings (SSSR count). The van der Waals surface area contributed by atoms with E-state index in [9.17, 15) is 19.9 Å². The Labute approximate surface area is 109 Å². The number of carboxylic acids is 1. The summed E-state index contributed by atoms with van der Waals surface area (Å²) in [7, 11) is 0. The van der Waals surface area contributed by atoms with Gasteiger partial charge >= 0.3 is 6.75 Å². The third-order valence-electron chi connectivity index (χ3n) is 2.51. The second kappa shape index (κ2) is 4.98. The first-order chi connectivity index (χ1) is 8.94. The molecular weight excluding hydrogens is 255 g/mol. The largest absolute Gasteiger partial charge is 0.665 e. The van der Waals surface area contributed by atoms with E-state index in [-0.39, 0.29) is 22.8 Å². The first kappa shape index (κ1) is 13.5. The number of carbonyl (C=O) groups excluding carboxylic acids is 1. The molecule has 0 radical (unpaired) electrons. The predicted octanol–water partition coefficient (Wildman–Crippen LogP) is -0.927. The number of ether oxygens (including phenoxy) is 2. The van der Waals surface area contributed by atoms with Gasteiger partial charge in [0.1, 0.15) is 11.5 Å². The van der Waals surface area contributed by atoms with Gasteiger partial charge in [-0.05, 0) is 18.6 Å². The summed E-state index contributed by atoms with van der Waals surface area (Å²) in [6.45, 7) is -1.52. The van der Waals surface area contributed by atoms with Gasteiger partial charge in [-0.25, -0.2) is 0 Å². The van der Waals surface area contributed by atoms with Crippen molar-refractivity contribution in [2.75, 3.05) is 13.1 Å². The zero-order valence-corrected chi connectivity index (χ0v) is 10.3. The van der Waals surface area contributed by atoms with Crippen molar-refractivity contribution in [3.63, 3.8) is 0 Å². The molecule has 0 amide bonds. The van der Waals surface area contributed by atoms with Crippen LogP contribution in [0.5, 0.6) is 17.2 Å². The van der Waals surface area contributed by atoms with Gasteiger partial charge in [0.05, 0.1) is 24.6 Å². The Kier molecular flexibility index (Phi) is 3.54. The van der Waals surface area contributed by atoms with E-state index in [1.807, 2.05) is 6.92 Å². The molecule has 0 aliphatic carbocycles. The minimum atomic E-state index is -3.24. The molecule has 0 saturated carbocycles. The molecule has 19 heavy (non-hydrogen) atoms. The monoisotopic (exact) mass is 268 g/mol. The van der Waals surface area contributed by atoms with E-state index in [4.69, 9.17) is 14.1 Å². The topological polar surface area (TPSA) is 108 Å². The summed E-state index contributed by atoms with van der Waals surface area (Å²) in [6.07, 6.45) is 0.689. The van der Waals surface area contributed by atoms with Crippen LogP contribution >= 0.6 is 0 Å². The number of hydrogen-bond acceptors (Lipinski definition) is 7. The highest BCUT2D eigenvalue weighted by molar-refractivity contribution is 6.58. The standard InChI is InChI=1S/C11H14BO7/c1-2-5-17-7-3-4-8-10(9(7)11(13)14)19-12(15,16)6-18-8/h3-4,15-16H,2,5-6H2,1H3,(H,13,14)/q-1/p-1. The molecule has 0 aromatic heterocycles. The Bertz CT molecular complexity index is 500. The van der Waals surface area contributed by atoms with E-state index in [0.29, 0.717) is 13.0 Å². The van der Waals surface area contributed by atoms with Gasteiger partial charge < -0.3 is 34.1 Å². The van der Waals surface area contributed by atoms with E-state index in [1.165, 1.54) is 12.1 Å². The van der Waals surface area contributed by atoms with Crippen molar-refractivity contribution in [2.45, 2.75) is 13.3 Å². The minimum Gasteiger partial charge on any atom is -0.665 e. The van der Waals surface area contributed by atoms with Crippen LogP contribution in [0.4, 0.5) is 0 Å². The molecule has 2 N–H and O–H groups in total. The molecule has 0 bridgehead atoms. The van der Waals surface area contributed by atoms with E-state index in [1.54, 1.807) is 0 Å². The molecule has 1 aromatic rings. The van der Waals surface area contributed by atoms with Crippen LogP contribution in [0.25, 0.3) is 0 Å². The van der Waals surface area contributed by atoms with Crippen molar-refractivity contribution in [1.82, 2.24) is 0 Å². The molecule has 1 aliphatic heterocycles. The zero-order valence-electron chi connectivity index (χ0n) is 10.3. The molecule has 1 aromatic carbocycles. The van der Waals surface area contributed by atoms with Gasteiger partial charge in [-0.2, -0.15) is 0 Å². The lowest BCUT2D eigenvalue weighted by Gasteiger charge is -2.37. The summed E-state index contributed by atoms with van der Waals surface area (Å²) in [5.74, 6) is -1.69. The van der Waals surface area contributed by atoms with Gasteiger partial charge in [0, 0.05) is 0 Å². The number of benzene rings is 1. The quantitative estimate of drug-likeness (QED) is 0.679. The number of rotatable bonds is 4. The molecule has 0 unspecified atom stereocenters. The molecule has 0 spiro atoms. The lowest BCUT2D eigenvalue weighted by atomic mass is 9.80. The van der Waals surface area contributed by atoms with Crippen LogP contribution in [0.2, 0.25) is 0 Å². The van der Waals surface area contributed by atoms with Crippen LogP contribution in [-0.2, 0) is 0 Å². The first-order valence-corrected chi connectivity index (χ1v) is 5.88. The summed E-state index contributed by atoms with van der Waals surface area (Å²) in [5.41, 5.74) is -0.389. The molecule has 1 heterocycles. The van der Waals surface area contributed by atoms with Crippen molar-refractivity contribution in [1.29, 1.82) is 0 Å². The molecule has 8 heteroatoms. The van der Waals surface area contributed by atoms with Crippen molar-refractivity contribution in [3.05, 3.63) is 17.7 Å². The molecule has 1 aliphatic rings. The smallest absolute Gasteiger partial charge is 0.467 e. The van der Waals surface area contributed by atoms with E-state index < -0.39 is 19.2 Å². The number of carboxylic acid groups (broad SMARTS) is 1. The lowest BCUT2D eigenvalue weighted by molar-refractivity contribution is -0.255. The third kappa shape index (κ3) is 2.74. The number of aromatic carboxylic acids is 1. The van der Waals surface area contributed by atoms with Crippen molar-refractivity contribution < 1.29 is 34.1 Å². The van der Waals surface area contributed by atoms with Crippen LogP contribution in [0, 0.1) is 0 Å². The Hall–Kier alpha value is -1.93. The fourth-order valence-electron chi connectivity index (χ4n) is 1.72. The highest BCUT2D eigenvalue weighted by Gasteiger charge is 2.33. The van der Waals surface area contributed by atoms with E-state index in [2.05, 4.69) is 0 Å². The van der Waals surface area contributed by atoms with Gasteiger partial charge in [0.25, 0.3) is 0 Å². The van der Waals surface area contributed by atoms with Gasteiger partial charge in [-0.1, -0.05) is 6.92 Å². The van der Waals surface area contributed by atoms with Gasteiger partial charge in [0.15, 0.2) is 5.75 Å². The third-order valence-corrected chi connectivity index (χ3v) is 2.51. The molecular formula is C11H13BO7-2. The summed E-state index contributed by atoms with van der Waals surface area (Å²) < 4.78 is 15.2. The van der Waals surface area contributed by atoms with Gasteiger partial charge in [-0.3, -0.25) is 0 Å². The maximum atomic E-state index is 11.2. The average molecular weight is 268 g/mol. The first-order valence-electron chi connectivity index (χ1n) is 5.88. The Morgan fingerprint density at radius 3 is 2.89 bits per heavy atom. The minimum absolute atomic E-state index is 0.0395. The van der Waals surface area contributed by atoms with Crippen molar-refractivity contribution in [2.24, 2.45) is 0 Å². The highest BCUT2D eigenvalue weighted by Crippen LogP contribution is 2.40. The normalized spacial score (nSPS) is 15.9. The summed E-state index contributed by atoms with van der Waals surface area (Å²) in [5, 5.41) is 30.0. The molecule has 7 nitrogen and oxygen atoms in total. The van der Waals surface area contributed by atoms with Gasteiger partial charge in [-0.15, -0.1) is 0 Å². The van der Waals surface area contributed by atoms with Crippen LogP contribution in [-0.4, -0.2) is 35.9 Å². The Balaban J connectivity index is 2.47. The predicted molar refractivity (Wildman–Crippen MR) is 62.9 cm³/mol. The maximum absolute atomic E-state index is 11.2. The zero-order chi connectivity index (χ0) is 14.0. The SMILES string of the molecule is CCCOc1ccc2c(c1C(=O)[O-])O[B-](O)(O)CO2. The molecule has 0 fully saturated rings. The molecule has 0 atom stereocenters. The summed E-state index contributed by atoms with van der Waals surface area (Å²) >= 11 is 0. The Morgan fingerprint density at radius 1 is 1.53 bits per heavy atom. The number of hydrogen-bond donors (Lipinski definition) is 2. The average Bonchev–Trinajstić information content (AvgIpc) is 2.33. The number of carbonyl (C=O) groups is 1. The summed E-state index contributed by atoms with van der Waals surface area (Å²) in [6, 6.07) is 2.86. The van der Waals surface area contributed by atoms with Crippen molar-refractivity contribution in [3.8, 4) is 17.2 Å².